The van der Waals surface area contributed by atoms with Gasteiger partial charge in [0.15, 0.2) is 0 Å². The molecular formula is C15H18N2O2. The van der Waals surface area contributed by atoms with E-state index >= 15 is 0 Å². The van der Waals surface area contributed by atoms with E-state index in [0.29, 0.717) is 0 Å². The Morgan fingerprint density at radius 2 is 2.11 bits per heavy atom. The topological polar surface area (TPSA) is 51.2 Å². The summed E-state index contributed by atoms with van der Waals surface area (Å²) in [5.41, 5.74) is 1.35. The Bertz CT molecular complexity index is 588. The van der Waals surface area contributed by atoms with Crippen LogP contribution in [0.15, 0.2) is 36.5 Å². The summed E-state index contributed by atoms with van der Waals surface area (Å²) in [5.74, 6) is -0.154. The van der Waals surface area contributed by atoms with Crippen molar-refractivity contribution < 1.29 is 9.53 Å². The quantitative estimate of drug-likeness (QED) is 0.920. The van der Waals surface area contributed by atoms with Gasteiger partial charge in [0.2, 0.25) is 5.91 Å². The molecule has 1 aromatic heterocycles. The molecule has 4 heteroatoms. The summed E-state index contributed by atoms with van der Waals surface area (Å²) < 4.78 is 5.43. The van der Waals surface area contributed by atoms with E-state index < -0.39 is 0 Å². The van der Waals surface area contributed by atoms with Crippen molar-refractivity contribution in [2.24, 2.45) is 0 Å². The van der Waals surface area contributed by atoms with Gasteiger partial charge in [-0.1, -0.05) is 6.07 Å². The average Bonchev–Trinajstić information content (AvgIpc) is 2.35. The Labute approximate surface area is 112 Å². The van der Waals surface area contributed by atoms with E-state index in [1.165, 1.54) is 0 Å². The highest BCUT2D eigenvalue weighted by Gasteiger charge is 2.12. The fourth-order valence-electron chi connectivity index (χ4n) is 1.63. The van der Waals surface area contributed by atoms with Crippen molar-refractivity contribution in [1.29, 1.82) is 0 Å². The summed E-state index contributed by atoms with van der Waals surface area (Å²) in [6, 6.07) is 9.46. The van der Waals surface area contributed by atoms with E-state index in [4.69, 9.17) is 4.74 Å². The first-order chi connectivity index (χ1) is 8.94. The lowest BCUT2D eigenvalue weighted by Gasteiger charge is -2.19. The second kappa shape index (κ2) is 5.36. The van der Waals surface area contributed by atoms with Crippen LogP contribution in [-0.2, 0) is 9.53 Å². The van der Waals surface area contributed by atoms with Crippen LogP contribution in [0.3, 0.4) is 0 Å². The molecule has 1 N–H and O–H groups in total. The maximum absolute atomic E-state index is 11.7. The smallest absolute Gasteiger partial charge is 0.250 e. The van der Waals surface area contributed by atoms with Gasteiger partial charge < -0.3 is 10.1 Å². The first kappa shape index (κ1) is 13.5. The minimum absolute atomic E-state index is 0.0502. The highest BCUT2D eigenvalue weighted by Crippen LogP contribution is 2.17. The molecule has 19 heavy (non-hydrogen) atoms. The Balaban J connectivity index is 2.03. The fourth-order valence-corrected chi connectivity index (χ4v) is 1.63. The summed E-state index contributed by atoms with van der Waals surface area (Å²) in [4.78, 5) is 16.0. The van der Waals surface area contributed by atoms with Gasteiger partial charge in [0.25, 0.3) is 0 Å². The van der Waals surface area contributed by atoms with Gasteiger partial charge in [-0.25, -0.2) is 0 Å². The number of rotatable bonds is 3. The number of aromatic nitrogens is 1. The summed E-state index contributed by atoms with van der Waals surface area (Å²) >= 11 is 0. The molecular weight excluding hydrogens is 240 g/mol. The van der Waals surface area contributed by atoms with Crippen LogP contribution >= 0.6 is 0 Å². The van der Waals surface area contributed by atoms with Gasteiger partial charge in [-0.05, 0) is 45.0 Å². The number of carbonyl (C=O) groups excluding carboxylic acids is 1. The van der Waals surface area contributed by atoms with E-state index in [9.17, 15) is 4.79 Å². The number of carbonyl (C=O) groups is 1. The minimum Gasteiger partial charge on any atom is -0.366 e. The van der Waals surface area contributed by atoms with Crippen LogP contribution in [0.2, 0.25) is 0 Å². The highest BCUT2D eigenvalue weighted by molar-refractivity contribution is 5.94. The number of ether oxygens (including phenoxy) is 1. The number of nitrogens with zero attached hydrogens (tertiary/aromatic N) is 1. The molecule has 0 radical (unpaired) electrons. The Morgan fingerprint density at radius 3 is 2.84 bits per heavy atom. The van der Waals surface area contributed by atoms with Crippen molar-refractivity contribution in [2.75, 3.05) is 11.9 Å². The van der Waals surface area contributed by atoms with E-state index in [1.807, 2.05) is 51.1 Å². The molecule has 1 heterocycles. The van der Waals surface area contributed by atoms with Crippen LogP contribution in [0.25, 0.3) is 10.9 Å². The van der Waals surface area contributed by atoms with Crippen LogP contribution in [0.4, 0.5) is 5.69 Å². The molecule has 4 nitrogen and oxygen atoms in total. The van der Waals surface area contributed by atoms with Crippen molar-refractivity contribution >= 4 is 22.5 Å². The number of hydrogen-bond acceptors (Lipinski definition) is 3. The van der Waals surface area contributed by atoms with Gasteiger partial charge >= 0.3 is 0 Å². The van der Waals surface area contributed by atoms with E-state index in [2.05, 4.69) is 10.3 Å². The Morgan fingerprint density at radius 1 is 1.32 bits per heavy atom. The van der Waals surface area contributed by atoms with Gasteiger partial charge in [0.1, 0.15) is 6.61 Å². The number of fused-ring (bicyclic) bond motifs is 1. The van der Waals surface area contributed by atoms with Gasteiger partial charge in [0.05, 0.1) is 11.1 Å². The molecule has 1 aromatic carbocycles. The van der Waals surface area contributed by atoms with Crippen molar-refractivity contribution in [3.05, 3.63) is 36.5 Å². The monoisotopic (exact) mass is 258 g/mol. The standard InChI is InChI=1S/C15H18N2O2/c1-15(2,3)19-10-14(18)17-12-6-7-13-11(9-12)5-4-8-16-13/h4-9H,10H2,1-3H3,(H,17,18). The maximum Gasteiger partial charge on any atom is 0.250 e. The van der Waals surface area contributed by atoms with E-state index in [1.54, 1.807) is 6.20 Å². The minimum atomic E-state index is -0.315. The Hall–Kier alpha value is -1.94. The third-order valence-electron chi connectivity index (χ3n) is 2.52. The Kier molecular flexibility index (Phi) is 3.81. The van der Waals surface area contributed by atoms with Crippen LogP contribution in [0.5, 0.6) is 0 Å². The molecule has 0 aliphatic rings. The third-order valence-corrected chi connectivity index (χ3v) is 2.52. The average molecular weight is 258 g/mol. The first-order valence-corrected chi connectivity index (χ1v) is 6.23. The zero-order valence-corrected chi connectivity index (χ0v) is 11.4. The van der Waals surface area contributed by atoms with E-state index in [-0.39, 0.29) is 18.1 Å². The predicted molar refractivity (Wildman–Crippen MR) is 76.1 cm³/mol. The summed E-state index contributed by atoms with van der Waals surface area (Å²) in [6.45, 7) is 5.81. The molecule has 0 aliphatic carbocycles. The van der Waals surface area contributed by atoms with Crippen molar-refractivity contribution in [3.8, 4) is 0 Å². The van der Waals surface area contributed by atoms with Crippen LogP contribution in [0, 0.1) is 0 Å². The SMILES string of the molecule is CC(C)(C)OCC(=O)Nc1ccc2ncccc2c1. The van der Waals surface area contributed by atoms with Crippen LogP contribution < -0.4 is 5.32 Å². The van der Waals surface area contributed by atoms with Crippen molar-refractivity contribution in [3.63, 3.8) is 0 Å². The molecule has 2 rings (SSSR count). The number of benzene rings is 1. The lowest BCUT2D eigenvalue weighted by Crippen LogP contribution is -2.27. The molecule has 0 spiro atoms. The van der Waals surface area contributed by atoms with Gasteiger partial charge in [0, 0.05) is 17.3 Å². The molecule has 0 atom stereocenters. The molecule has 0 saturated heterocycles. The molecule has 0 saturated carbocycles. The molecule has 0 bridgehead atoms. The molecule has 0 aliphatic heterocycles. The molecule has 0 unspecified atom stereocenters. The molecule has 100 valence electrons. The van der Waals surface area contributed by atoms with Crippen molar-refractivity contribution in [1.82, 2.24) is 4.98 Å². The van der Waals surface area contributed by atoms with Crippen LogP contribution in [-0.4, -0.2) is 23.1 Å². The molecule has 1 amide bonds. The summed E-state index contributed by atoms with van der Waals surface area (Å²) in [6.07, 6.45) is 1.75. The second-order valence-electron chi connectivity index (χ2n) is 5.36. The zero-order chi connectivity index (χ0) is 13.9. The summed E-state index contributed by atoms with van der Waals surface area (Å²) in [7, 11) is 0. The number of anilines is 1. The first-order valence-electron chi connectivity index (χ1n) is 6.23. The number of hydrogen-bond donors (Lipinski definition) is 1. The maximum atomic E-state index is 11.7. The third kappa shape index (κ3) is 4.03. The number of nitrogens with one attached hydrogen (secondary N) is 1. The van der Waals surface area contributed by atoms with Crippen molar-refractivity contribution in [2.45, 2.75) is 26.4 Å². The van der Waals surface area contributed by atoms with Gasteiger partial charge in [-0.2, -0.15) is 0 Å². The highest BCUT2D eigenvalue weighted by atomic mass is 16.5. The largest absolute Gasteiger partial charge is 0.366 e. The number of amides is 1. The van der Waals surface area contributed by atoms with Gasteiger partial charge in [-0.15, -0.1) is 0 Å². The normalized spacial score (nSPS) is 11.5. The molecule has 0 fully saturated rings. The van der Waals surface area contributed by atoms with Gasteiger partial charge in [-0.3, -0.25) is 9.78 Å². The fraction of sp³-hybridized carbons (Fsp3) is 0.333. The number of pyridine rings is 1. The second-order valence-corrected chi connectivity index (χ2v) is 5.36. The predicted octanol–water partition coefficient (Wildman–Crippen LogP) is 2.99. The summed E-state index contributed by atoms with van der Waals surface area (Å²) in [5, 5.41) is 3.81. The van der Waals surface area contributed by atoms with Crippen LogP contribution in [0.1, 0.15) is 20.8 Å². The lowest BCUT2D eigenvalue weighted by atomic mass is 10.2. The van der Waals surface area contributed by atoms with E-state index in [0.717, 1.165) is 16.6 Å². The molecule has 2 aromatic rings. The zero-order valence-electron chi connectivity index (χ0n) is 11.4. The lowest BCUT2D eigenvalue weighted by molar-refractivity contribution is -0.125.